The fourth-order valence-corrected chi connectivity index (χ4v) is 2.86. The minimum absolute atomic E-state index is 0.156. The summed E-state index contributed by atoms with van der Waals surface area (Å²) in [7, 11) is 0. The van der Waals surface area contributed by atoms with Gasteiger partial charge < -0.3 is 14.8 Å². The van der Waals surface area contributed by atoms with E-state index in [1.807, 2.05) is 24.3 Å². The first-order chi connectivity index (χ1) is 10.4. The molecule has 0 aliphatic heterocycles. The molecule has 0 saturated carbocycles. The molecule has 0 atom stereocenters. The Labute approximate surface area is 131 Å². The summed E-state index contributed by atoms with van der Waals surface area (Å²) in [6.45, 7) is 3.41. The molecule has 1 amide bonds. The molecule has 0 saturated heterocycles. The van der Waals surface area contributed by atoms with Gasteiger partial charge in [0.1, 0.15) is 0 Å². The number of carbonyl (C=O) groups is 1. The zero-order chi connectivity index (χ0) is 15.7. The van der Waals surface area contributed by atoms with Crippen LogP contribution in [0.3, 0.4) is 0 Å². The molecular weight excluding hydrogens is 300 g/mol. The molecule has 5 nitrogen and oxygen atoms in total. The van der Waals surface area contributed by atoms with Gasteiger partial charge in [-0.25, -0.2) is 4.98 Å². The van der Waals surface area contributed by atoms with Gasteiger partial charge in [-0.3, -0.25) is 4.79 Å². The van der Waals surface area contributed by atoms with Gasteiger partial charge in [-0.1, -0.05) is 12.1 Å². The van der Waals surface area contributed by atoms with Gasteiger partial charge in [0.15, 0.2) is 16.5 Å². The molecule has 0 bridgehead atoms. The van der Waals surface area contributed by atoms with Crippen molar-refractivity contribution in [3.8, 4) is 10.8 Å². The van der Waals surface area contributed by atoms with Crippen LogP contribution in [0, 0.1) is 0 Å². The molecule has 0 aliphatic rings. The lowest BCUT2D eigenvalue weighted by molar-refractivity contribution is 0.0681. The van der Waals surface area contributed by atoms with Gasteiger partial charge in [-0.15, -0.1) is 11.3 Å². The molecule has 2 aromatic heterocycles. The zero-order valence-corrected chi connectivity index (χ0v) is 13.1. The molecule has 0 radical (unpaired) electrons. The molecule has 2 heterocycles. The molecule has 3 aromatic rings. The highest BCUT2D eigenvalue weighted by atomic mass is 32.1. The van der Waals surface area contributed by atoms with Crippen LogP contribution in [0.15, 0.2) is 40.8 Å². The summed E-state index contributed by atoms with van der Waals surface area (Å²) in [6, 6.07) is 11.2. The number of fused-ring (bicyclic) bond motifs is 1. The van der Waals surface area contributed by atoms with Crippen LogP contribution in [0.1, 0.15) is 24.4 Å². The normalized spacial score (nSPS) is 11.8. The number of aromatic nitrogens is 1. The molecule has 114 valence electrons. The largest absolute Gasteiger partial charge is 0.448 e. The third-order valence-electron chi connectivity index (χ3n) is 3.02. The van der Waals surface area contributed by atoms with Crippen LogP contribution in [0.2, 0.25) is 0 Å². The van der Waals surface area contributed by atoms with E-state index in [4.69, 9.17) is 4.42 Å². The van der Waals surface area contributed by atoms with Crippen molar-refractivity contribution in [3.05, 3.63) is 42.2 Å². The predicted octanol–water partition coefficient (Wildman–Crippen LogP) is 3.06. The summed E-state index contributed by atoms with van der Waals surface area (Å²) in [5.74, 6) is 0.419. The standard InChI is InChI=1S/C16H16N2O3S/c1-16(2,20)9-17-14(19)11-7-8-12(21-11)15-18-10-5-3-4-6-13(10)22-15/h3-8,20H,9H2,1-2H3,(H,17,19). The van der Waals surface area contributed by atoms with E-state index in [9.17, 15) is 9.90 Å². The van der Waals surface area contributed by atoms with Crippen molar-refractivity contribution >= 4 is 27.5 Å². The minimum atomic E-state index is -0.960. The summed E-state index contributed by atoms with van der Waals surface area (Å²) in [5.41, 5.74) is -0.0510. The number of benzene rings is 1. The van der Waals surface area contributed by atoms with Crippen molar-refractivity contribution in [2.24, 2.45) is 0 Å². The maximum absolute atomic E-state index is 12.0. The van der Waals surface area contributed by atoms with E-state index in [0.717, 1.165) is 15.2 Å². The second kappa shape index (κ2) is 5.55. The Morgan fingerprint density at radius 1 is 1.32 bits per heavy atom. The van der Waals surface area contributed by atoms with Gasteiger partial charge in [-0.05, 0) is 38.1 Å². The number of nitrogens with zero attached hydrogens (tertiary/aromatic N) is 1. The highest BCUT2D eigenvalue weighted by Crippen LogP contribution is 2.31. The molecule has 0 unspecified atom stereocenters. The number of aliphatic hydroxyl groups is 1. The monoisotopic (exact) mass is 316 g/mol. The van der Waals surface area contributed by atoms with Crippen LogP contribution in [-0.4, -0.2) is 28.1 Å². The lowest BCUT2D eigenvalue weighted by Crippen LogP contribution is -2.38. The molecule has 3 rings (SSSR count). The summed E-state index contributed by atoms with van der Waals surface area (Å²) < 4.78 is 6.65. The Morgan fingerprint density at radius 2 is 2.09 bits per heavy atom. The Kier molecular flexibility index (Phi) is 3.72. The number of hydrogen-bond acceptors (Lipinski definition) is 5. The number of furan rings is 1. The Morgan fingerprint density at radius 3 is 2.82 bits per heavy atom. The smallest absolute Gasteiger partial charge is 0.287 e. The van der Waals surface area contributed by atoms with Crippen molar-refractivity contribution in [1.29, 1.82) is 0 Å². The van der Waals surface area contributed by atoms with Gasteiger partial charge in [0.05, 0.1) is 15.8 Å². The van der Waals surface area contributed by atoms with Gasteiger partial charge in [0.25, 0.3) is 5.91 Å². The molecule has 22 heavy (non-hydrogen) atoms. The van der Waals surface area contributed by atoms with Gasteiger partial charge >= 0.3 is 0 Å². The number of thiazole rings is 1. The summed E-state index contributed by atoms with van der Waals surface area (Å²) in [6.07, 6.45) is 0. The molecule has 0 aliphatic carbocycles. The van der Waals surface area contributed by atoms with Crippen molar-refractivity contribution in [1.82, 2.24) is 10.3 Å². The topological polar surface area (TPSA) is 75.4 Å². The second-order valence-corrected chi connectivity index (χ2v) is 6.68. The lowest BCUT2D eigenvalue weighted by Gasteiger charge is -2.16. The fourth-order valence-electron chi connectivity index (χ4n) is 1.94. The minimum Gasteiger partial charge on any atom is -0.448 e. The third kappa shape index (κ3) is 3.18. The van der Waals surface area contributed by atoms with Crippen LogP contribution >= 0.6 is 11.3 Å². The number of hydrogen-bond donors (Lipinski definition) is 2. The highest BCUT2D eigenvalue weighted by molar-refractivity contribution is 7.21. The van der Waals surface area contributed by atoms with E-state index in [2.05, 4.69) is 10.3 Å². The third-order valence-corrected chi connectivity index (χ3v) is 4.07. The summed E-state index contributed by atoms with van der Waals surface area (Å²) in [5, 5.41) is 13.0. The summed E-state index contributed by atoms with van der Waals surface area (Å²) in [4.78, 5) is 16.5. The van der Waals surface area contributed by atoms with Crippen molar-refractivity contribution in [2.45, 2.75) is 19.4 Å². The molecule has 2 N–H and O–H groups in total. The zero-order valence-electron chi connectivity index (χ0n) is 12.3. The van der Waals surface area contributed by atoms with Crippen LogP contribution in [-0.2, 0) is 0 Å². The van der Waals surface area contributed by atoms with E-state index in [-0.39, 0.29) is 18.2 Å². The molecular formula is C16H16N2O3S. The lowest BCUT2D eigenvalue weighted by atomic mass is 10.1. The van der Waals surface area contributed by atoms with Gasteiger partial charge in [0, 0.05) is 6.54 Å². The van der Waals surface area contributed by atoms with Crippen molar-refractivity contribution < 1.29 is 14.3 Å². The first-order valence-electron chi connectivity index (χ1n) is 6.89. The fraction of sp³-hybridized carbons (Fsp3) is 0.250. The SMILES string of the molecule is CC(C)(O)CNC(=O)c1ccc(-c2nc3ccccc3s2)o1. The van der Waals surface area contributed by atoms with Crippen LogP contribution in [0.5, 0.6) is 0 Å². The van der Waals surface area contributed by atoms with E-state index in [1.165, 1.54) is 11.3 Å². The van der Waals surface area contributed by atoms with Crippen LogP contribution in [0.4, 0.5) is 0 Å². The van der Waals surface area contributed by atoms with E-state index in [1.54, 1.807) is 26.0 Å². The maximum Gasteiger partial charge on any atom is 0.287 e. The molecule has 0 spiro atoms. The first kappa shape index (κ1) is 14.7. The molecule has 1 aromatic carbocycles. The summed E-state index contributed by atoms with van der Waals surface area (Å²) >= 11 is 1.52. The number of nitrogens with one attached hydrogen (secondary N) is 1. The van der Waals surface area contributed by atoms with E-state index in [0.29, 0.717) is 5.76 Å². The highest BCUT2D eigenvalue weighted by Gasteiger charge is 2.18. The number of carbonyl (C=O) groups excluding carboxylic acids is 1. The van der Waals surface area contributed by atoms with Crippen LogP contribution in [0.25, 0.3) is 21.0 Å². The van der Waals surface area contributed by atoms with Crippen molar-refractivity contribution in [2.75, 3.05) is 6.54 Å². The average Bonchev–Trinajstić information content (AvgIpc) is 3.09. The average molecular weight is 316 g/mol. The Hall–Kier alpha value is -2.18. The maximum atomic E-state index is 12.0. The second-order valence-electron chi connectivity index (χ2n) is 5.65. The van der Waals surface area contributed by atoms with Gasteiger partial charge in [0.2, 0.25) is 0 Å². The van der Waals surface area contributed by atoms with E-state index >= 15 is 0 Å². The number of amides is 1. The first-order valence-corrected chi connectivity index (χ1v) is 7.70. The molecule has 6 heteroatoms. The van der Waals surface area contributed by atoms with Gasteiger partial charge in [-0.2, -0.15) is 0 Å². The predicted molar refractivity (Wildman–Crippen MR) is 86.0 cm³/mol. The quantitative estimate of drug-likeness (QED) is 0.775. The molecule has 0 fully saturated rings. The Bertz CT molecular complexity index is 781. The Balaban J connectivity index is 1.79. The van der Waals surface area contributed by atoms with Crippen molar-refractivity contribution in [3.63, 3.8) is 0 Å². The number of para-hydroxylation sites is 1. The van der Waals surface area contributed by atoms with E-state index < -0.39 is 5.60 Å². The van der Waals surface area contributed by atoms with Crippen LogP contribution < -0.4 is 5.32 Å². The number of rotatable bonds is 4.